The number of carbonyl (C=O) groups is 2. The van der Waals surface area contributed by atoms with Crippen molar-refractivity contribution in [2.75, 3.05) is 19.5 Å². The Morgan fingerprint density at radius 1 is 1.08 bits per heavy atom. The maximum Gasteiger partial charge on any atom is 0.250 e. The highest BCUT2D eigenvalue weighted by Crippen LogP contribution is 2.46. The monoisotopic (exact) mass is 488 g/mol. The molecule has 7 nitrogen and oxygen atoms in total. The van der Waals surface area contributed by atoms with Crippen molar-refractivity contribution in [3.05, 3.63) is 77.7 Å². The summed E-state index contributed by atoms with van der Waals surface area (Å²) in [5, 5.41) is 3.08. The first kappa shape index (κ1) is 24.0. The predicted molar refractivity (Wildman–Crippen MR) is 136 cm³/mol. The van der Waals surface area contributed by atoms with Crippen molar-refractivity contribution in [1.29, 1.82) is 0 Å². The first-order chi connectivity index (χ1) is 17.6. The molecular weight excluding hydrogens is 456 g/mol. The largest absolute Gasteiger partial charge is 0.497 e. The number of amides is 2. The second-order valence-corrected chi connectivity index (χ2v) is 9.80. The van der Waals surface area contributed by atoms with Crippen molar-refractivity contribution in [1.82, 2.24) is 4.90 Å². The highest BCUT2D eigenvalue weighted by molar-refractivity contribution is 6.00. The number of ether oxygens (including phenoxy) is 2. The molecule has 0 aliphatic heterocycles. The van der Waals surface area contributed by atoms with Gasteiger partial charge in [0, 0.05) is 6.07 Å². The third kappa shape index (κ3) is 4.45. The number of carbonyl (C=O) groups excluding carboxylic acids is 2. The van der Waals surface area contributed by atoms with Gasteiger partial charge in [-0.25, -0.2) is 0 Å². The SMILES string of the molecule is COc1ccc(NC(=O)[C@@]2(N(C=O)Cc3ccco3)CC[C@@H]3Cc4ccccc4C[C@H]3C2)c(OC)c1. The first-order valence-corrected chi connectivity index (χ1v) is 12.4. The molecular formula is C29H32N2O5. The van der Waals surface area contributed by atoms with Crippen molar-refractivity contribution in [2.24, 2.45) is 11.8 Å². The van der Waals surface area contributed by atoms with E-state index in [1.54, 1.807) is 49.6 Å². The van der Waals surface area contributed by atoms with Gasteiger partial charge in [-0.15, -0.1) is 0 Å². The average Bonchev–Trinajstić information content (AvgIpc) is 3.43. The molecule has 2 amide bonds. The number of nitrogens with zero attached hydrogens (tertiary/aromatic N) is 1. The fourth-order valence-corrected chi connectivity index (χ4v) is 5.99. The molecule has 1 N–H and O–H groups in total. The van der Waals surface area contributed by atoms with Gasteiger partial charge < -0.3 is 24.1 Å². The summed E-state index contributed by atoms with van der Waals surface area (Å²) in [7, 11) is 3.14. The van der Waals surface area contributed by atoms with E-state index in [0.717, 1.165) is 25.7 Å². The zero-order valence-corrected chi connectivity index (χ0v) is 20.7. The summed E-state index contributed by atoms with van der Waals surface area (Å²) >= 11 is 0. The van der Waals surface area contributed by atoms with E-state index in [0.29, 0.717) is 47.6 Å². The van der Waals surface area contributed by atoms with Crippen molar-refractivity contribution in [2.45, 2.75) is 44.2 Å². The molecule has 0 spiro atoms. The summed E-state index contributed by atoms with van der Waals surface area (Å²) in [4.78, 5) is 28.3. The number of fused-ring (bicyclic) bond motifs is 2. The van der Waals surface area contributed by atoms with Gasteiger partial charge in [-0.05, 0) is 79.3 Å². The van der Waals surface area contributed by atoms with Gasteiger partial charge in [0.05, 0.1) is 32.7 Å². The van der Waals surface area contributed by atoms with E-state index >= 15 is 0 Å². The molecule has 36 heavy (non-hydrogen) atoms. The minimum absolute atomic E-state index is 0.207. The summed E-state index contributed by atoms with van der Waals surface area (Å²) < 4.78 is 16.4. The van der Waals surface area contributed by atoms with Crippen LogP contribution in [0.5, 0.6) is 11.5 Å². The molecule has 5 rings (SSSR count). The number of benzene rings is 2. The Kier molecular flexibility index (Phi) is 6.72. The van der Waals surface area contributed by atoms with Crippen LogP contribution in [0.4, 0.5) is 5.69 Å². The molecule has 1 aromatic heterocycles. The van der Waals surface area contributed by atoms with Gasteiger partial charge >= 0.3 is 0 Å². The van der Waals surface area contributed by atoms with E-state index in [1.165, 1.54) is 11.1 Å². The standard InChI is InChI=1S/C29H32N2O5/c1-34-24-9-10-26(27(16-24)35-2)30-28(33)29(31(19-32)18-25-8-5-13-36-25)12-11-22-14-20-6-3-4-7-21(20)15-23(22)17-29/h3-10,13,16,19,22-23H,11-12,14-15,17-18H2,1-2H3,(H,30,33)/t22-,23+,29-/m1/s1. The van der Waals surface area contributed by atoms with E-state index in [2.05, 4.69) is 29.6 Å². The predicted octanol–water partition coefficient (Wildman–Crippen LogP) is 4.85. The lowest BCUT2D eigenvalue weighted by molar-refractivity contribution is -0.143. The molecule has 3 aromatic rings. The quantitative estimate of drug-likeness (QED) is 0.459. The number of rotatable bonds is 8. The van der Waals surface area contributed by atoms with Crippen LogP contribution in [0.15, 0.2) is 65.3 Å². The van der Waals surface area contributed by atoms with E-state index < -0.39 is 5.54 Å². The van der Waals surface area contributed by atoms with E-state index in [4.69, 9.17) is 13.9 Å². The molecule has 0 radical (unpaired) electrons. The summed E-state index contributed by atoms with van der Waals surface area (Å²) in [5.74, 6) is 2.37. The van der Waals surface area contributed by atoms with Gasteiger partial charge in [0.15, 0.2) is 0 Å². The number of hydrogen-bond donors (Lipinski definition) is 1. The molecule has 3 atom stereocenters. The topological polar surface area (TPSA) is 81.0 Å². The lowest BCUT2D eigenvalue weighted by Crippen LogP contribution is -2.60. The zero-order chi connectivity index (χ0) is 25.1. The average molecular weight is 489 g/mol. The summed E-state index contributed by atoms with van der Waals surface area (Å²) in [6.07, 6.45) is 6.36. The zero-order valence-electron chi connectivity index (χ0n) is 20.7. The summed E-state index contributed by atoms with van der Waals surface area (Å²) in [5.41, 5.74) is 2.28. The Morgan fingerprint density at radius 3 is 2.53 bits per heavy atom. The van der Waals surface area contributed by atoms with Crippen molar-refractivity contribution >= 4 is 18.0 Å². The molecule has 7 heteroatoms. The number of nitrogens with one attached hydrogen (secondary N) is 1. The molecule has 0 unspecified atom stereocenters. The Balaban J connectivity index is 1.48. The summed E-state index contributed by atoms with van der Waals surface area (Å²) in [6, 6.07) is 17.5. The van der Waals surface area contributed by atoms with Crippen LogP contribution in [0.25, 0.3) is 0 Å². The first-order valence-electron chi connectivity index (χ1n) is 12.4. The van der Waals surface area contributed by atoms with Crippen molar-refractivity contribution in [3.8, 4) is 11.5 Å². The normalized spacial score (nSPS) is 22.6. The van der Waals surface area contributed by atoms with Gasteiger partial charge in [-0.2, -0.15) is 0 Å². The van der Waals surface area contributed by atoms with Crippen LogP contribution in [-0.4, -0.2) is 37.0 Å². The Labute approximate surface area is 211 Å². The van der Waals surface area contributed by atoms with Crippen molar-refractivity contribution in [3.63, 3.8) is 0 Å². The Morgan fingerprint density at radius 2 is 1.86 bits per heavy atom. The fourth-order valence-electron chi connectivity index (χ4n) is 5.99. The number of furan rings is 1. The second kappa shape index (κ2) is 10.1. The van der Waals surface area contributed by atoms with Gasteiger partial charge in [-0.3, -0.25) is 9.59 Å². The molecule has 1 fully saturated rings. The molecule has 2 aliphatic carbocycles. The van der Waals surface area contributed by atoms with Crippen LogP contribution in [0.2, 0.25) is 0 Å². The van der Waals surface area contributed by atoms with Gasteiger partial charge in [0.1, 0.15) is 22.8 Å². The van der Waals surface area contributed by atoms with E-state index in [9.17, 15) is 9.59 Å². The number of anilines is 1. The fraction of sp³-hybridized carbons (Fsp3) is 0.379. The lowest BCUT2D eigenvalue weighted by Gasteiger charge is -2.49. The highest BCUT2D eigenvalue weighted by Gasteiger charge is 2.51. The maximum absolute atomic E-state index is 14.1. The lowest BCUT2D eigenvalue weighted by atomic mass is 9.62. The van der Waals surface area contributed by atoms with Crippen LogP contribution in [0.1, 0.15) is 36.1 Å². The van der Waals surface area contributed by atoms with Crippen LogP contribution >= 0.6 is 0 Å². The van der Waals surface area contributed by atoms with E-state index in [-0.39, 0.29) is 12.5 Å². The Hall–Kier alpha value is -3.74. The molecule has 1 heterocycles. The minimum Gasteiger partial charge on any atom is -0.497 e. The molecule has 188 valence electrons. The molecule has 2 aliphatic rings. The maximum atomic E-state index is 14.1. The van der Waals surface area contributed by atoms with Crippen molar-refractivity contribution < 1.29 is 23.5 Å². The molecule has 1 saturated carbocycles. The van der Waals surface area contributed by atoms with Crippen LogP contribution in [0, 0.1) is 11.8 Å². The molecule has 0 bridgehead atoms. The van der Waals surface area contributed by atoms with Crippen LogP contribution in [-0.2, 0) is 29.0 Å². The van der Waals surface area contributed by atoms with Gasteiger partial charge in [0.25, 0.3) is 0 Å². The minimum atomic E-state index is -1.01. The third-order valence-corrected chi connectivity index (χ3v) is 7.94. The summed E-state index contributed by atoms with van der Waals surface area (Å²) in [6.45, 7) is 0.234. The van der Waals surface area contributed by atoms with Crippen LogP contribution in [0.3, 0.4) is 0 Å². The molecule has 0 saturated heterocycles. The van der Waals surface area contributed by atoms with Gasteiger partial charge in [-0.1, -0.05) is 24.3 Å². The molecule has 2 aromatic carbocycles. The van der Waals surface area contributed by atoms with Crippen LogP contribution < -0.4 is 14.8 Å². The highest BCUT2D eigenvalue weighted by atomic mass is 16.5. The number of hydrogen-bond acceptors (Lipinski definition) is 5. The third-order valence-electron chi connectivity index (χ3n) is 7.94. The van der Waals surface area contributed by atoms with Gasteiger partial charge in [0.2, 0.25) is 12.3 Å². The smallest absolute Gasteiger partial charge is 0.250 e. The number of methoxy groups -OCH3 is 2. The second-order valence-electron chi connectivity index (χ2n) is 9.80. The Bertz CT molecular complexity index is 1220. The van der Waals surface area contributed by atoms with E-state index in [1.807, 2.05) is 6.07 Å².